The van der Waals surface area contributed by atoms with Gasteiger partial charge in [0.25, 0.3) is 0 Å². The lowest BCUT2D eigenvalue weighted by Gasteiger charge is -2.31. The summed E-state index contributed by atoms with van der Waals surface area (Å²) in [7, 11) is 0. The predicted octanol–water partition coefficient (Wildman–Crippen LogP) is 2.05. The van der Waals surface area contributed by atoms with Crippen molar-refractivity contribution in [2.24, 2.45) is 0 Å². The van der Waals surface area contributed by atoms with Gasteiger partial charge in [-0.15, -0.1) is 6.58 Å². The monoisotopic (exact) mass is 139 g/mol. The van der Waals surface area contributed by atoms with E-state index in [1.165, 1.54) is 25.9 Å². The molecule has 1 saturated heterocycles. The van der Waals surface area contributed by atoms with Crippen molar-refractivity contribution in [2.75, 3.05) is 13.1 Å². The Labute approximate surface area is 63.7 Å². The Morgan fingerprint density at radius 1 is 1.30 bits per heavy atom. The molecule has 0 spiro atoms. The highest BCUT2D eigenvalue weighted by molar-refractivity contribution is 4.98. The summed E-state index contributed by atoms with van der Waals surface area (Å²) in [6.45, 7) is 10.8. The van der Waals surface area contributed by atoms with E-state index in [-0.39, 0.29) is 5.54 Å². The molecule has 0 radical (unpaired) electrons. The van der Waals surface area contributed by atoms with Crippen LogP contribution in [0.1, 0.15) is 26.7 Å². The molecule has 58 valence electrons. The van der Waals surface area contributed by atoms with Crippen molar-refractivity contribution in [3.63, 3.8) is 0 Å². The van der Waals surface area contributed by atoms with Gasteiger partial charge in [0.1, 0.15) is 0 Å². The van der Waals surface area contributed by atoms with E-state index in [4.69, 9.17) is 0 Å². The van der Waals surface area contributed by atoms with Gasteiger partial charge in [-0.05, 0) is 39.8 Å². The second kappa shape index (κ2) is 2.75. The SMILES string of the molecule is C=CC(C)(C)N1CCCC1. The normalized spacial score (nSPS) is 21.4. The standard InChI is InChI=1S/C9H17N/c1-4-9(2,3)10-7-5-6-8-10/h4H,1,5-8H2,2-3H3. The van der Waals surface area contributed by atoms with E-state index in [1.807, 2.05) is 6.08 Å². The lowest BCUT2D eigenvalue weighted by molar-refractivity contribution is 0.205. The van der Waals surface area contributed by atoms with Crippen molar-refractivity contribution < 1.29 is 0 Å². The van der Waals surface area contributed by atoms with Gasteiger partial charge in [-0.2, -0.15) is 0 Å². The Hall–Kier alpha value is -0.300. The molecule has 1 heterocycles. The minimum absolute atomic E-state index is 0.219. The molecule has 0 amide bonds. The van der Waals surface area contributed by atoms with Gasteiger partial charge in [0.15, 0.2) is 0 Å². The lowest BCUT2D eigenvalue weighted by Crippen LogP contribution is -2.39. The first-order valence-corrected chi connectivity index (χ1v) is 4.05. The summed E-state index contributed by atoms with van der Waals surface area (Å²) in [4.78, 5) is 2.49. The molecule has 1 aliphatic rings. The molecule has 10 heavy (non-hydrogen) atoms. The maximum absolute atomic E-state index is 3.84. The minimum Gasteiger partial charge on any atom is -0.295 e. The Kier molecular flexibility index (Phi) is 2.14. The molecule has 1 nitrogen and oxygen atoms in total. The molecule has 1 heteroatoms. The molecule has 0 aromatic heterocycles. The van der Waals surface area contributed by atoms with Crippen molar-refractivity contribution in [3.05, 3.63) is 12.7 Å². The molecular weight excluding hydrogens is 122 g/mol. The fraction of sp³-hybridized carbons (Fsp3) is 0.778. The number of nitrogens with zero attached hydrogens (tertiary/aromatic N) is 1. The number of hydrogen-bond acceptors (Lipinski definition) is 1. The van der Waals surface area contributed by atoms with Crippen LogP contribution in [0.4, 0.5) is 0 Å². The van der Waals surface area contributed by atoms with Gasteiger partial charge in [-0.1, -0.05) is 6.08 Å². The first-order valence-electron chi connectivity index (χ1n) is 4.05. The molecule has 0 unspecified atom stereocenters. The maximum Gasteiger partial charge on any atom is 0.0332 e. The van der Waals surface area contributed by atoms with Crippen LogP contribution in [0.5, 0.6) is 0 Å². The first kappa shape index (κ1) is 7.80. The van der Waals surface area contributed by atoms with Crippen LogP contribution < -0.4 is 0 Å². The van der Waals surface area contributed by atoms with Gasteiger partial charge in [-0.3, -0.25) is 4.90 Å². The fourth-order valence-corrected chi connectivity index (χ4v) is 1.42. The van der Waals surface area contributed by atoms with Crippen molar-refractivity contribution in [1.29, 1.82) is 0 Å². The molecule has 0 aromatic rings. The van der Waals surface area contributed by atoms with Crippen molar-refractivity contribution >= 4 is 0 Å². The van der Waals surface area contributed by atoms with Crippen molar-refractivity contribution in [1.82, 2.24) is 4.90 Å². The van der Waals surface area contributed by atoms with Gasteiger partial charge < -0.3 is 0 Å². The molecule has 1 aliphatic heterocycles. The van der Waals surface area contributed by atoms with E-state index in [9.17, 15) is 0 Å². The van der Waals surface area contributed by atoms with Gasteiger partial charge in [0.2, 0.25) is 0 Å². The zero-order valence-electron chi connectivity index (χ0n) is 7.06. The van der Waals surface area contributed by atoms with E-state index in [1.54, 1.807) is 0 Å². The van der Waals surface area contributed by atoms with Crippen molar-refractivity contribution in [3.8, 4) is 0 Å². The van der Waals surface area contributed by atoms with Gasteiger partial charge in [0, 0.05) is 5.54 Å². The third kappa shape index (κ3) is 1.40. The van der Waals surface area contributed by atoms with Crippen LogP contribution >= 0.6 is 0 Å². The van der Waals surface area contributed by atoms with Crippen LogP contribution in [0.2, 0.25) is 0 Å². The van der Waals surface area contributed by atoms with Crippen LogP contribution in [0.3, 0.4) is 0 Å². The summed E-state index contributed by atoms with van der Waals surface area (Å²) in [5, 5.41) is 0. The van der Waals surface area contributed by atoms with Crippen LogP contribution in [0.15, 0.2) is 12.7 Å². The Balaban J connectivity index is 2.53. The highest BCUT2D eigenvalue weighted by atomic mass is 15.2. The summed E-state index contributed by atoms with van der Waals surface area (Å²) in [6.07, 6.45) is 4.76. The zero-order chi connectivity index (χ0) is 7.61. The summed E-state index contributed by atoms with van der Waals surface area (Å²) in [5.74, 6) is 0. The molecule has 0 bridgehead atoms. The maximum atomic E-state index is 3.84. The fourth-order valence-electron chi connectivity index (χ4n) is 1.42. The van der Waals surface area contributed by atoms with Crippen molar-refractivity contribution in [2.45, 2.75) is 32.2 Å². The summed E-state index contributed by atoms with van der Waals surface area (Å²) < 4.78 is 0. The van der Waals surface area contributed by atoms with E-state index >= 15 is 0 Å². The predicted molar refractivity (Wildman–Crippen MR) is 45.1 cm³/mol. The highest BCUT2D eigenvalue weighted by Gasteiger charge is 2.25. The van der Waals surface area contributed by atoms with E-state index in [0.717, 1.165) is 0 Å². The smallest absolute Gasteiger partial charge is 0.0332 e. The van der Waals surface area contributed by atoms with Crippen LogP contribution in [-0.4, -0.2) is 23.5 Å². The quantitative estimate of drug-likeness (QED) is 0.529. The third-order valence-corrected chi connectivity index (χ3v) is 2.42. The minimum atomic E-state index is 0.219. The molecule has 0 aromatic carbocycles. The third-order valence-electron chi connectivity index (χ3n) is 2.42. The summed E-state index contributed by atoms with van der Waals surface area (Å²) >= 11 is 0. The molecule has 0 N–H and O–H groups in total. The second-order valence-corrected chi connectivity index (χ2v) is 3.55. The highest BCUT2D eigenvalue weighted by Crippen LogP contribution is 2.20. The average molecular weight is 139 g/mol. The van der Waals surface area contributed by atoms with Crippen LogP contribution in [0, 0.1) is 0 Å². The molecule has 1 fully saturated rings. The molecule has 1 rings (SSSR count). The lowest BCUT2D eigenvalue weighted by atomic mass is 10.0. The summed E-state index contributed by atoms with van der Waals surface area (Å²) in [6, 6.07) is 0. The number of rotatable bonds is 2. The Morgan fingerprint density at radius 2 is 1.80 bits per heavy atom. The largest absolute Gasteiger partial charge is 0.295 e. The topological polar surface area (TPSA) is 3.24 Å². The van der Waals surface area contributed by atoms with Gasteiger partial charge >= 0.3 is 0 Å². The average Bonchev–Trinajstić information content (AvgIpc) is 2.38. The summed E-state index contributed by atoms with van der Waals surface area (Å²) in [5.41, 5.74) is 0.219. The van der Waals surface area contributed by atoms with Gasteiger partial charge in [0.05, 0.1) is 0 Å². The van der Waals surface area contributed by atoms with Crippen LogP contribution in [-0.2, 0) is 0 Å². The molecular formula is C9H17N. The van der Waals surface area contributed by atoms with Gasteiger partial charge in [-0.25, -0.2) is 0 Å². The number of hydrogen-bond donors (Lipinski definition) is 0. The van der Waals surface area contributed by atoms with Crippen LogP contribution in [0.25, 0.3) is 0 Å². The molecule has 0 aliphatic carbocycles. The Morgan fingerprint density at radius 3 is 2.20 bits per heavy atom. The molecule has 0 saturated carbocycles. The molecule has 0 atom stereocenters. The first-order chi connectivity index (χ1) is 4.67. The van der Waals surface area contributed by atoms with E-state index in [2.05, 4.69) is 25.3 Å². The van der Waals surface area contributed by atoms with E-state index in [0.29, 0.717) is 0 Å². The Bertz CT molecular complexity index is 121. The zero-order valence-corrected chi connectivity index (χ0v) is 7.06. The van der Waals surface area contributed by atoms with E-state index < -0.39 is 0 Å². The number of likely N-dealkylation sites (tertiary alicyclic amines) is 1. The second-order valence-electron chi connectivity index (χ2n) is 3.55.